The fourth-order valence-corrected chi connectivity index (χ4v) is 3.78. The molecule has 1 aromatic heterocycles. The summed E-state index contributed by atoms with van der Waals surface area (Å²) in [6.45, 7) is 0.445. The smallest absolute Gasteiger partial charge is 0.251 e. The number of carbonyl (C=O) groups is 1. The lowest BCUT2D eigenvalue weighted by Gasteiger charge is -2.23. The van der Waals surface area contributed by atoms with Crippen LogP contribution >= 0.6 is 0 Å². The SMILES string of the molecule is O=C1COC(c2cn(-c3ccccc3)nc2-c2ccc(F)cc2)N1Cc1ccccc1. The fourth-order valence-electron chi connectivity index (χ4n) is 3.78. The largest absolute Gasteiger partial charge is 0.344 e. The number of rotatable bonds is 5. The van der Waals surface area contributed by atoms with E-state index in [2.05, 4.69) is 0 Å². The molecule has 0 radical (unpaired) electrons. The monoisotopic (exact) mass is 413 g/mol. The van der Waals surface area contributed by atoms with Crippen molar-refractivity contribution in [3.05, 3.63) is 108 Å². The number of ether oxygens (including phenoxy) is 1. The summed E-state index contributed by atoms with van der Waals surface area (Å²) < 4.78 is 21.2. The predicted molar refractivity (Wildman–Crippen MR) is 115 cm³/mol. The maximum Gasteiger partial charge on any atom is 0.251 e. The van der Waals surface area contributed by atoms with Crippen molar-refractivity contribution < 1.29 is 13.9 Å². The van der Waals surface area contributed by atoms with Crippen LogP contribution in [0.5, 0.6) is 0 Å². The molecule has 4 aromatic rings. The van der Waals surface area contributed by atoms with Crippen molar-refractivity contribution in [2.45, 2.75) is 12.8 Å². The van der Waals surface area contributed by atoms with Gasteiger partial charge in [0.2, 0.25) is 0 Å². The van der Waals surface area contributed by atoms with Gasteiger partial charge in [0.25, 0.3) is 5.91 Å². The number of para-hydroxylation sites is 1. The van der Waals surface area contributed by atoms with Gasteiger partial charge in [-0.2, -0.15) is 5.10 Å². The predicted octanol–water partition coefficient (Wildman–Crippen LogP) is 4.74. The van der Waals surface area contributed by atoms with E-state index in [4.69, 9.17) is 9.84 Å². The van der Waals surface area contributed by atoms with E-state index in [-0.39, 0.29) is 18.3 Å². The van der Waals surface area contributed by atoms with Crippen LogP contribution in [0.4, 0.5) is 4.39 Å². The molecular weight excluding hydrogens is 393 g/mol. The molecule has 0 saturated carbocycles. The lowest BCUT2D eigenvalue weighted by atomic mass is 10.1. The van der Waals surface area contributed by atoms with Crippen molar-refractivity contribution in [3.8, 4) is 16.9 Å². The van der Waals surface area contributed by atoms with Crippen LogP contribution in [-0.2, 0) is 16.1 Å². The molecule has 0 aliphatic carbocycles. The molecule has 1 fully saturated rings. The normalized spacial score (nSPS) is 16.1. The zero-order valence-electron chi connectivity index (χ0n) is 16.7. The van der Waals surface area contributed by atoms with Crippen LogP contribution < -0.4 is 0 Å². The number of carbonyl (C=O) groups excluding carboxylic acids is 1. The quantitative estimate of drug-likeness (QED) is 0.475. The summed E-state index contributed by atoms with van der Waals surface area (Å²) in [6.07, 6.45) is 1.31. The standard InChI is InChI=1S/C25H20FN3O2/c26-20-13-11-19(12-14-20)24-22(16-29(27-24)21-9-5-2-6-10-21)25-28(23(30)17-31-25)15-18-7-3-1-4-8-18/h1-14,16,25H,15,17H2. The number of aromatic nitrogens is 2. The van der Waals surface area contributed by atoms with E-state index < -0.39 is 6.23 Å². The minimum Gasteiger partial charge on any atom is -0.344 e. The second-order valence-corrected chi connectivity index (χ2v) is 7.39. The Morgan fingerprint density at radius 3 is 2.32 bits per heavy atom. The molecule has 31 heavy (non-hydrogen) atoms. The van der Waals surface area contributed by atoms with Crippen LogP contribution in [0.1, 0.15) is 17.4 Å². The summed E-state index contributed by atoms with van der Waals surface area (Å²) >= 11 is 0. The van der Waals surface area contributed by atoms with E-state index in [1.165, 1.54) is 12.1 Å². The summed E-state index contributed by atoms with van der Waals surface area (Å²) in [5, 5.41) is 4.77. The zero-order chi connectivity index (χ0) is 21.2. The fraction of sp³-hybridized carbons (Fsp3) is 0.120. The second kappa shape index (κ2) is 8.16. The Bertz CT molecular complexity index is 1190. The summed E-state index contributed by atoms with van der Waals surface area (Å²) in [4.78, 5) is 14.4. The summed E-state index contributed by atoms with van der Waals surface area (Å²) in [7, 11) is 0. The van der Waals surface area contributed by atoms with Crippen LogP contribution in [0.25, 0.3) is 16.9 Å². The van der Waals surface area contributed by atoms with Crippen LogP contribution in [0.3, 0.4) is 0 Å². The minimum atomic E-state index is -0.578. The van der Waals surface area contributed by atoms with Crippen LogP contribution in [0, 0.1) is 5.82 Å². The maximum absolute atomic E-state index is 13.5. The first-order valence-corrected chi connectivity index (χ1v) is 10.0. The molecule has 3 aromatic carbocycles. The zero-order valence-corrected chi connectivity index (χ0v) is 16.7. The highest BCUT2D eigenvalue weighted by molar-refractivity contribution is 5.80. The number of amides is 1. The van der Waals surface area contributed by atoms with Gasteiger partial charge in [-0.15, -0.1) is 0 Å². The Kier molecular flexibility index (Phi) is 5.06. The number of benzene rings is 3. The van der Waals surface area contributed by atoms with Gasteiger partial charge in [-0.25, -0.2) is 9.07 Å². The highest BCUT2D eigenvalue weighted by Crippen LogP contribution is 2.36. The second-order valence-electron chi connectivity index (χ2n) is 7.39. The molecule has 0 spiro atoms. The average molecular weight is 413 g/mol. The molecule has 6 heteroatoms. The minimum absolute atomic E-state index is 0.0108. The van der Waals surface area contributed by atoms with Gasteiger partial charge in [0.05, 0.1) is 5.69 Å². The molecule has 1 atom stereocenters. The summed E-state index contributed by atoms with van der Waals surface area (Å²) in [6, 6.07) is 25.7. The molecule has 2 heterocycles. The Hall–Kier alpha value is -3.77. The van der Waals surface area contributed by atoms with Crippen LogP contribution in [0.15, 0.2) is 91.1 Å². The Morgan fingerprint density at radius 2 is 1.61 bits per heavy atom. The van der Waals surface area contributed by atoms with Gasteiger partial charge >= 0.3 is 0 Å². The van der Waals surface area contributed by atoms with Crippen molar-refractivity contribution in [3.63, 3.8) is 0 Å². The van der Waals surface area contributed by atoms with Gasteiger partial charge in [0.1, 0.15) is 18.1 Å². The summed E-state index contributed by atoms with van der Waals surface area (Å²) in [5.41, 5.74) is 4.08. The van der Waals surface area contributed by atoms with E-state index in [1.807, 2.05) is 66.9 Å². The molecular formula is C25H20FN3O2. The van der Waals surface area contributed by atoms with Gasteiger partial charge in [0.15, 0.2) is 6.23 Å². The van der Waals surface area contributed by atoms with Gasteiger partial charge in [-0.3, -0.25) is 4.79 Å². The lowest BCUT2D eigenvalue weighted by Crippen LogP contribution is -2.28. The lowest BCUT2D eigenvalue weighted by molar-refractivity contribution is -0.128. The number of halogens is 1. The van der Waals surface area contributed by atoms with Crippen LogP contribution in [0.2, 0.25) is 0 Å². The van der Waals surface area contributed by atoms with Gasteiger partial charge in [-0.1, -0.05) is 48.5 Å². The van der Waals surface area contributed by atoms with Crippen molar-refractivity contribution >= 4 is 5.91 Å². The highest BCUT2D eigenvalue weighted by atomic mass is 19.1. The molecule has 1 aliphatic rings. The maximum atomic E-state index is 13.5. The first kappa shape index (κ1) is 19.2. The Labute approximate surface area is 179 Å². The van der Waals surface area contributed by atoms with Crippen molar-refractivity contribution in [1.82, 2.24) is 14.7 Å². The van der Waals surface area contributed by atoms with Crippen LogP contribution in [-0.4, -0.2) is 27.2 Å². The first-order valence-electron chi connectivity index (χ1n) is 10.0. The number of hydrogen-bond acceptors (Lipinski definition) is 3. The number of hydrogen-bond donors (Lipinski definition) is 0. The first-order chi connectivity index (χ1) is 15.2. The third-order valence-corrected chi connectivity index (χ3v) is 5.31. The van der Waals surface area contributed by atoms with Gasteiger partial charge in [0, 0.05) is 23.9 Å². The van der Waals surface area contributed by atoms with Gasteiger partial charge < -0.3 is 9.64 Å². The molecule has 0 bridgehead atoms. The van der Waals surface area contributed by atoms with E-state index in [1.54, 1.807) is 21.7 Å². The van der Waals surface area contributed by atoms with Gasteiger partial charge in [-0.05, 0) is 42.0 Å². The molecule has 0 N–H and O–H groups in total. The summed E-state index contributed by atoms with van der Waals surface area (Å²) in [5.74, 6) is -0.392. The van der Waals surface area contributed by atoms with E-state index in [9.17, 15) is 9.18 Å². The van der Waals surface area contributed by atoms with E-state index in [0.29, 0.717) is 12.2 Å². The van der Waals surface area contributed by atoms with E-state index >= 15 is 0 Å². The van der Waals surface area contributed by atoms with Crippen molar-refractivity contribution in [2.75, 3.05) is 6.61 Å². The van der Waals surface area contributed by atoms with E-state index in [0.717, 1.165) is 22.4 Å². The highest BCUT2D eigenvalue weighted by Gasteiger charge is 2.36. The average Bonchev–Trinajstić information content (AvgIpc) is 3.40. The third kappa shape index (κ3) is 3.85. The molecule has 154 valence electrons. The number of nitrogens with zero attached hydrogens (tertiary/aromatic N) is 3. The van der Waals surface area contributed by atoms with Crippen molar-refractivity contribution in [1.29, 1.82) is 0 Å². The molecule has 5 nitrogen and oxygen atoms in total. The third-order valence-electron chi connectivity index (χ3n) is 5.31. The molecule has 1 unspecified atom stereocenters. The Balaban J connectivity index is 1.58. The van der Waals surface area contributed by atoms with Crippen molar-refractivity contribution in [2.24, 2.45) is 0 Å². The molecule has 5 rings (SSSR count). The molecule has 1 aliphatic heterocycles. The molecule has 1 saturated heterocycles. The topological polar surface area (TPSA) is 47.4 Å². The Morgan fingerprint density at radius 1 is 0.935 bits per heavy atom. The molecule has 1 amide bonds.